The molecule has 1 heterocycles. The summed E-state index contributed by atoms with van der Waals surface area (Å²) in [6, 6.07) is 5.04. The summed E-state index contributed by atoms with van der Waals surface area (Å²) in [5.41, 5.74) is 0. The average Bonchev–Trinajstić information content (AvgIpc) is 2.44. The zero-order valence-corrected chi connectivity index (χ0v) is 14.2. The van der Waals surface area contributed by atoms with Crippen molar-refractivity contribution in [3.63, 3.8) is 0 Å². The Hall–Kier alpha value is -0.420. The van der Waals surface area contributed by atoms with Gasteiger partial charge in [-0.15, -0.1) is 11.8 Å². The maximum atomic E-state index is 11.4. The fraction of sp³-hybridized carbons (Fsp3) is 0.533. The molecule has 2 rings (SSSR count). The Morgan fingerprint density at radius 1 is 1.48 bits per heavy atom. The van der Waals surface area contributed by atoms with E-state index in [1.165, 1.54) is 0 Å². The van der Waals surface area contributed by atoms with E-state index in [2.05, 4.69) is 11.8 Å². The lowest BCUT2D eigenvalue weighted by atomic mass is 9.92. The first kappa shape index (κ1) is 16.9. The second kappa shape index (κ2) is 7.73. The molecule has 0 amide bonds. The van der Waals surface area contributed by atoms with Gasteiger partial charge in [0.1, 0.15) is 6.04 Å². The Morgan fingerprint density at radius 3 is 2.95 bits per heavy atom. The average molecular weight is 348 g/mol. The number of halogens is 2. The third kappa shape index (κ3) is 4.78. The number of rotatable bonds is 5. The molecular formula is C15H19Cl2NO2S. The number of carbonyl (C=O) groups is 1. The van der Waals surface area contributed by atoms with Crippen LogP contribution >= 0.6 is 35.0 Å². The van der Waals surface area contributed by atoms with Gasteiger partial charge in [-0.1, -0.05) is 30.1 Å². The molecule has 0 bridgehead atoms. The zero-order chi connectivity index (χ0) is 15.4. The number of nitrogens with zero attached hydrogens (tertiary/aromatic N) is 1. The first-order valence-electron chi connectivity index (χ1n) is 7.02. The molecule has 3 nitrogen and oxygen atoms in total. The lowest BCUT2D eigenvalue weighted by Gasteiger charge is -2.35. The molecule has 116 valence electrons. The second-order valence-corrected chi connectivity index (χ2v) is 7.42. The molecule has 1 saturated heterocycles. The Balaban J connectivity index is 1.90. The van der Waals surface area contributed by atoms with Crippen molar-refractivity contribution < 1.29 is 9.90 Å². The van der Waals surface area contributed by atoms with Crippen LogP contribution in [0.4, 0.5) is 0 Å². The van der Waals surface area contributed by atoms with Gasteiger partial charge >= 0.3 is 5.97 Å². The molecule has 0 spiro atoms. The van der Waals surface area contributed by atoms with Crippen molar-refractivity contribution in [1.82, 2.24) is 4.90 Å². The Labute approximate surface area is 139 Å². The van der Waals surface area contributed by atoms with Crippen LogP contribution in [-0.4, -0.2) is 40.9 Å². The molecule has 2 atom stereocenters. The number of piperidine rings is 1. The third-order valence-electron chi connectivity index (χ3n) is 3.79. The van der Waals surface area contributed by atoms with Gasteiger partial charge in [-0.2, -0.15) is 0 Å². The summed E-state index contributed by atoms with van der Waals surface area (Å²) in [6.45, 7) is 3.72. The molecule has 0 saturated carbocycles. The van der Waals surface area contributed by atoms with Crippen LogP contribution in [0, 0.1) is 5.92 Å². The largest absolute Gasteiger partial charge is 0.480 e. The van der Waals surface area contributed by atoms with E-state index in [1.807, 2.05) is 6.07 Å². The van der Waals surface area contributed by atoms with E-state index in [9.17, 15) is 9.90 Å². The number of thioether (sulfide) groups is 1. The zero-order valence-electron chi connectivity index (χ0n) is 11.9. The molecule has 6 heteroatoms. The van der Waals surface area contributed by atoms with Crippen LogP contribution in [0.5, 0.6) is 0 Å². The fourth-order valence-corrected chi connectivity index (χ4v) is 4.06. The normalized spacial score (nSPS) is 23.2. The van der Waals surface area contributed by atoms with Gasteiger partial charge in [0.25, 0.3) is 0 Å². The molecule has 0 radical (unpaired) electrons. The highest BCUT2D eigenvalue weighted by Gasteiger charge is 2.31. The summed E-state index contributed by atoms with van der Waals surface area (Å²) in [5.74, 6) is 0.572. The van der Waals surface area contributed by atoms with Gasteiger partial charge in [0.05, 0.1) is 5.02 Å². The summed E-state index contributed by atoms with van der Waals surface area (Å²) in [7, 11) is 0. The number of hydrogen-bond donors (Lipinski definition) is 1. The molecule has 1 fully saturated rings. The van der Waals surface area contributed by atoms with Gasteiger partial charge in [-0.3, -0.25) is 9.69 Å². The predicted molar refractivity (Wildman–Crippen MR) is 88.6 cm³/mol. The molecular weight excluding hydrogens is 329 g/mol. The van der Waals surface area contributed by atoms with Crippen molar-refractivity contribution in [2.24, 2.45) is 5.92 Å². The number of carboxylic acids is 1. The van der Waals surface area contributed by atoms with Crippen molar-refractivity contribution in [2.45, 2.75) is 30.7 Å². The number of benzene rings is 1. The first-order chi connectivity index (χ1) is 9.97. The van der Waals surface area contributed by atoms with Crippen molar-refractivity contribution >= 4 is 40.9 Å². The lowest BCUT2D eigenvalue weighted by molar-refractivity contribution is -0.145. The number of aliphatic carboxylic acids is 1. The molecule has 1 aliphatic rings. The first-order valence-corrected chi connectivity index (χ1v) is 8.76. The fourth-order valence-electron chi connectivity index (χ4n) is 2.58. The summed E-state index contributed by atoms with van der Waals surface area (Å²) in [6.07, 6.45) is 1.80. The Bertz CT molecular complexity index is 512. The monoisotopic (exact) mass is 347 g/mol. The summed E-state index contributed by atoms with van der Waals surface area (Å²) in [5, 5.41) is 10.7. The molecule has 0 aromatic heterocycles. The van der Waals surface area contributed by atoms with Crippen LogP contribution in [0.3, 0.4) is 0 Å². The quantitative estimate of drug-likeness (QED) is 0.807. The van der Waals surface area contributed by atoms with Crippen LogP contribution in [0.2, 0.25) is 10.0 Å². The Kier molecular flexibility index (Phi) is 6.23. The highest BCUT2D eigenvalue weighted by Crippen LogP contribution is 2.30. The maximum Gasteiger partial charge on any atom is 0.320 e. The van der Waals surface area contributed by atoms with Crippen molar-refractivity contribution in [2.75, 3.05) is 18.8 Å². The van der Waals surface area contributed by atoms with Crippen LogP contribution in [0.25, 0.3) is 0 Å². The summed E-state index contributed by atoms with van der Waals surface area (Å²) in [4.78, 5) is 14.4. The molecule has 1 aromatic rings. The number of hydrogen-bond acceptors (Lipinski definition) is 3. The van der Waals surface area contributed by atoms with Gasteiger partial charge in [-0.05, 0) is 43.5 Å². The molecule has 0 aliphatic carbocycles. The predicted octanol–water partition coefficient (Wildman–Crippen LogP) is 4.27. The molecule has 21 heavy (non-hydrogen) atoms. The summed E-state index contributed by atoms with van der Waals surface area (Å²) >= 11 is 13.7. The highest BCUT2D eigenvalue weighted by atomic mass is 35.5. The highest BCUT2D eigenvalue weighted by molar-refractivity contribution is 7.99. The van der Waals surface area contributed by atoms with Gasteiger partial charge in [0, 0.05) is 22.2 Å². The maximum absolute atomic E-state index is 11.4. The minimum atomic E-state index is -0.715. The van der Waals surface area contributed by atoms with Crippen LogP contribution in [-0.2, 0) is 4.79 Å². The smallest absolute Gasteiger partial charge is 0.320 e. The van der Waals surface area contributed by atoms with E-state index >= 15 is 0 Å². The van der Waals surface area contributed by atoms with Gasteiger partial charge in [0.15, 0.2) is 0 Å². The molecule has 2 unspecified atom stereocenters. The SMILES string of the molecule is CC1CCN(CCSc2cc(Cl)ccc2Cl)C(C(=O)O)C1. The standard InChI is InChI=1S/C15H19Cl2NO2S/c1-10-4-5-18(13(8-10)15(19)20)6-7-21-14-9-11(16)2-3-12(14)17/h2-3,9-10,13H,4-8H2,1H3,(H,19,20). The van der Waals surface area contributed by atoms with Crippen LogP contribution in [0.15, 0.2) is 23.1 Å². The van der Waals surface area contributed by atoms with Crippen molar-refractivity contribution in [3.8, 4) is 0 Å². The minimum absolute atomic E-state index is 0.357. The van der Waals surface area contributed by atoms with Crippen LogP contribution < -0.4 is 0 Å². The second-order valence-electron chi connectivity index (χ2n) is 5.44. The van der Waals surface area contributed by atoms with Crippen LogP contribution in [0.1, 0.15) is 19.8 Å². The minimum Gasteiger partial charge on any atom is -0.480 e. The lowest BCUT2D eigenvalue weighted by Crippen LogP contribution is -2.47. The molecule has 1 aliphatic heterocycles. The van der Waals surface area contributed by atoms with Gasteiger partial charge < -0.3 is 5.11 Å². The van der Waals surface area contributed by atoms with E-state index in [4.69, 9.17) is 23.2 Å². The topological polar surface area (TPSA) is 40.5 Å². The van der Waals surface area contributed by atoms with E-state index in [0.717, 1.165) is 36.6 Å². The summed E-state index contributed by atoms with van der Waals surface area (Å²) < 4.78 is 0. The van der Waals surface area contributed by atoms with Crippen molar-refractivity contribution in [1.29, 1.82) is 0 Å². The molecule has 1 N–H and O–H groups in total. The third-order valence-corrected chi connectivity index (χ3v) is 5.50. The number of carboxylic acid groups (broad SMARTS) is 1. The van der Waals surface area contributed by atoms with E-state index in [1.54, 1.807) is 23.9 Å². The number of likely N-dealkylation sites (tertiary alicyclic amines) is 1. The van der Waals surface area contributed by atoms with Gasteiger partial charge in [0.2, 0.25) is 0 Å². The van der Waals surface area contributed by atoms with E-state index in [-0.39, 0.29) is 6.04 Å². The van der Waals surface area contributed by atoms with Gasteiger partial charge in [-0.25, -0.2) is 0 Å². The van der Waals surface area contributed by atoms with Crippen molar-refractivity contribution in [3.05, 3.63) is 28.2 Å². The van der Waals surface area contributed by atoms with E-state index in [0.29, 0.717) is 16.0 Å². The molecule has 1 aromatic carbocycles. The Morgan fingerprint density at radius 2 is 2.24 bits per heavy atom. The van der Waals surface area contributed by atoms with E-state index < -0.39 is 5.97 Å².